The summed E-state index contributed by atoms with van der Waals surface area (Å²) in [6.07, 6.45) is 2.66. The summed E-state index contributed by atoms with van der Waals surface area (Å²) >= 11 is 0. The van der Waals surface area contributed by atoms with Crippen LogP contribution in [0.25, 0.3) is 0 Å². The van der Waals surface area contributed by atoms with Gasteiger partial charge >= 0.3 is 0 Å². The number of aryl methyl sites for hydroxylation is 1. The van der Waals surface area contributed by atoms with Gasteiger partial charge in [0.1, 0.15) is 6.04 Å². The molecule has 0 fully saturated rings. The Labute approximate surface area is 108 Å². The fourth-order valence-corrected chi connectivity index (χ4v) is 2.19. The van der Waals surface area contributed by atoms with E-state index >= 15 is 0 Å². The molecule has 98 valence electrons. The molecule has 0 bridgehead atoms. The predicted molar refractivity (Wildman–Crippen MR) is 71.7 cm³/mol. The van der Waals surface area contributed by atoms with Gasteiger partial charge in [-0.05, 0) is 30.9 Å². The van der Waals surface area contributed by atoms with Crippen molar-refractivity contribution in [2.45, 2.75) is 25.3 Å². The van der Waals surface area contributed by atoms with Crippen molar-refractivity contribution in [3.8, 4) is 0 Å². The van der Waals surface area contributed by atoms with Gasteiger partial charge in [-0.2, -0.15) is 0 Å². The Hall–Kier alpha value is -1.55. The maximum Gasteiger partial charge on any atom is 0.242 e. The summed E-state index contributed by atoms with van der Waals surface area (Å²) in [5.41, 5.74) is 2.38. The number of para-hydroxylation sites is 1. The summed E-state index contributed by atoms with van der Waals surface area (Å²) in [7, 11) is 1.67. The first-order valence-electron chi connectivity index (χ1n) is 6.42. The number of ether oxygens (including phenoxy) is 1. The summed E-state index contributed by atoms with van der Waals surface area (Å²) in [5, 5.41) is 6.23. The van der Waals surface area contributed by atoms with Crippen LogP contribution >= 0.6 is 0 Å². The van der Waals surface area contributed by atoms with Crippen molar-refractivity contribution in [3.63, 3.8) is 0 Å². The third-order valence-electron chi connectivity index (χ3n) is 3.19. The first-order valence-corrected chi connectivity index (χ1v) is 6.42. The zero-order valence-corrected chi connectivity index (χ0v) is 10.7. The van der Waals surface area contributed by atoms with Crippen LogP contribution in [0, 0.1) is 0 Å². The number of hydrogen-bond donors (Lipinski definition) is 2. The second kappa shape index (κ2) is 6.40. The highest BCUT2D eigenvalue weighted by Crippen LogP contribution is 2.24. The molecule has 2 N–H and O–H groups in total. The van der Waals surface area contributed by atoms with Crippen LogP contribution in [-0.2, 0) is 16.0 Å². The number of amides is 1. The number of carbonyl (C=O) groups is 1. The number of methoxy groups -OCH3 is 1. The minimum Gasteiger partial charge on any atom is -0.385 e. The summed E-state index contributed by atoms with van der Waals surface area (Å²) in [4.78, 5) is 12.0. The number of carbonyl (C=O) groups excluding carboxylic acids is 1. The summed E-state index contributed by atoms with van der Waals surface area (Å²) in [6.45, 7) is 1.35. The molecule has 1 aromatic carbocycles. The van der Waals surface area contributed by atoms with Crippen molar-refractivity contribution >= 4 is 11.6 Å². The molecule has 1 aliphatic rings. The molecule has 4 heteroatoms. The summed E-state index contributed by atoms with van der Waals surface area (Å²) < 4.78 is 4.95. The zero-order valence-electron chi connectivity index (χ0n) is 10.7. The lowest BCUT2D eigenvalue weighted by atomic mass is 9.98. The van der Waals surface area contributed by atoms with Crippen LogP contribution in [0.3, 0.4) is 0 Å². The number of fused-ring (bicyclic) bond motifs is 1. The third kappa shape index (κ3) is 3.23. The Bertz CT molecular complexity index is 407. The second-order valence-electron chi connectivity index (χ2n) is 4.53. The lowest BCUT2D eigenvalue weighted by Gasteiger charge is -2.26. The van der Waals surface area contributed by atoms with Gasteiger partial charge in [-0.15, -0.1) is 0 Å². The van der Waals surface area contributed by atoms with E-state index < -0.39 is 0 Å². The molecule has 0 saturated carbocycles. The van der Waals surface area contributed by atoms with Crippen LogP contribution in [0.5, 0.6) is 0 Å². The molecule has 0 radical (unpaired) electrons. The molecule has 0 aromatic heterocycles. The SMILES string of the molecule is COCCCNC(=O)C1CCc2ccccc2N1. The fourth-order valence-electron chi connectivity index (χ4n) is 2.19. The number of benzene rings is 1. The molecule has 0 aliphatic carbocycles. The van der Waals surface area contributed by atoms with E-state index in [0.717, 1.165) is 24.9 Å². The number of nitrogens with one attached hydrogen (secondary N) is 2. The highest BCUT2D eigenvalue weighted by molar-refractivity contribution is 5.85. The third-order valence-corrected chi connectivity index (χ3v) is 3.19. The first kappa shape index (κ1) is 12.9. The van der Waals surface area contributed by atoms with Gasteiger partial charge in [0.15, 0.2) is 0 Å². The van der Waals surface area contributed by atoms with E-state index in [-0.39, 0.29) is 11.9 Å². The smallest absolute Gasteiger partial charge is 0.242 e. The molecular formula is C14H20N2O2. The quantitative estimate of drug-likeness (QED) is 0.778. The van der Waals surface area contributed by atoms with Crippen molar-refractivity contribution in [1.29, 1.82) is 0 Å². The van der Waals surface area contributed by atoms with Gasteiger partial charge in [0.2, 0.25) is 5.91 Å². The maximum absolute atomic E-state index is 12.0. The largest absolute Gasteiger partial charge is 0.385 e. The van der Waals surface area contributed by atoms with Crippen molar-refractivity contribution < 1.29 is 9.53 Å². The minimum atomic E-state index is -0.109. The van der Waals surface area contributed by atoms with E-state index in [0.29, 0.717) is 13.2 Å². The molecule has 1 amide bonds. The van der Waals surface area contributed by atoms with Crippen LogP contribution in [0.1, 0.15) is 18.4 Å². The number of rotatable bonds is 5. The van der Waals surface area contributed by atoms with Crippen molar-refractivity contribution in [3.05, 3.63) is 29.8 Å². The van der Waals surface area contributed by atoms with E-state index in [4.69, 9.17) is 4.74 Å². The maximum atomic E-state index is 12.0. The highest BCUT2D eigenvalue weighted by atomic mass is 16.5. The second-order valence-corrected chi connectivity index (χ2v) is 4.53. The Morgan fingerprint density at radius 1 is 1.50 bits per heavy atom. The van der Waals surface area contributed by atoms with E-state index in [1.807, 2.05) is 18.2 Å². The lowest BCUT2D eigenvalue weighted by molar-refractivity contribution is -0.122. The van der Waals surface area contributed by atoms with Crippen LogP contribution in [-0.4, -0.2) is 32.2 Å². The Kier molecular flexibility index (Phi) is 4.59. The van der Waals surface area contributed by atoms with Gasteiger partial charge in [-0.3, -0.25) is 4.79 Å². The lowest BCUT2D eigenvalue weighted by Crippen LogP contribution is -2.42. The monoisotopic (exact) mass is 248 g/mol. The van der Waals surface area contributed by atoms with Gasteiger partial charge in [0, 0.05) is 25.9 Å². The molecular weight excluding hydrogens is 228 g/mol. The van der Waals surface area contributed by atoms with E-state index in [1.165, 1.54) is 5.56 Å². The van der Waals surface area contributed by atoms with Crippen molar-refractivity contribution in [1.82, 2.24) is 5.32 Å². The molecule has 0 saturated heterocycles. The van der Waals surface area contributed by atoms with E-state index in [1.54, 1.807) is 7.11 Å². The molecule has 2 rings (SSSR count). The van der Waals surface area contributed by atoms with Gasteiger partial charge in [-0.1, -0.05) is 18.2 Å². The fraction of sp³-hybridized carbons (Fsp3) is 0.500. The molecule has 18 heavy (non-hydrogen) atoms. The molecule has 1 heterocycles. The van der Waals surface area contributed by atoms with E-state index in [9.17, 15) is 4.79 Å². The van der Waals surface area contributed by atoms with Crippen molar-refractivity contribution in [2.24, 2.45) is 0 Å². The zero-order chi connectivity index (χ0) is 12.8. The van der Waals surface area contributed by atoms with Gasteiger partial charge in [0.05, 0.1) is 0 Å². The topological polar surface area (TPSA) is 50.4 Å². The average molecular weight is 248 g/mol. The molecule has 4 nitrogen and oxygen atoms in total. The minimum absolute atomic E-state index is 0.0839. The standard InChI is InChI=1S/C14H20N2O2/c1-18-10-4-9-15-14(17)13-8-7-11-5-2-3-6-12(11)16-13/h2-3,5-6,13,16H,4,7-10H2,1H3,(H,15,17). The predicted octanol–water partition coefficient (Wildman–Crippen LogP) is 1.57. The molecule has 1 unspecified atom stereocenters. The van der Waals surface area contributed by atoms with Gasteiger partial charge in [-0.25, -0.2) is 0 Å². The number of anilines is 1. The van der Waals surface area contributed by atoms with Gasteiger partial charge in [0.25, 0.3) is 0 Å². The van der Waals surface area contributed by atoms with E-state index in [2.05, 4.69) is 16.7 Å². The normalized spacial score (nSPS) is 17.7. The summed E-state index contributed by atoms with van der Waals surface area (Å²) in [5.74, 6) is 0.0839. The summed E-state index contributed by atoms with van der Waals surface area (Å²) in [6, 6.07) is 8.05. The Morgan fingerprint density at radius 2 is 2.33 bits per heavy atom. The highest BCUT2D eigenvalue weighted by Gasteiger charge is 2.22. The van der Waals surface area contributed by atoms with Crippen LogP contribution in [0.4, 0.5) is 5.69 Å². The number of hydrogen-bond acceptors (Lipinski definition) is 3. The van der Waals surface area contributed by atoms with Crippen LogP contribution in [0.2, 0.25) is 0 Å². The molecule has 0 spiro atoms. The van der Waals surface area contributed by atoms with Crippen LogP contribution in [0.15, 0.2) is 24.3 Å². The molecule has 1 aromatic rings. The average Bonchev–Trinajstić information content (AvgIpc) is 2.43. The van der Waals surface area contributed by atoms with Gasteiger partial charge < -0.3 is 15.4 Å². The Balaban J connectivity index is 1.83. The van der Waals surface area contributed by atoms with Crippen molar-refractivity contribution in [2.75, 3.05) is 25.6 Å². The Morgan fingerprint density at radius 3 is 3.17 bits per heavy atom. The van der Waals surface area contributed by atoms with Crippen LogP contribution < -0.4 is 10.6 Å². The molecule has 1 aliphatic heterocycles. The first-order chi connectivity index (χ1) is 8.81. The molecule has 1 atom stereocenters.